The number of anilines is 1. The molecule has 0 radical (unpaired) electrons. The van der Waals surface area contributed by atoms with E-state index in [0.29, 0.717) is 18.1 Å². The molecule has 0 amide bonds. The number of aliphatic hydroxyl groups is 1. The first kappa shape index (κ1) is 15.5. The SMILES string of the molecule is CCCN1C2=NCCN2C(O)(c2ccccc2)c2ccc(Cl)cc21. The van der Waals surface area contributed by atoms with Crippen molar-refractivity contribution < 1.29 is 5.11 Å². The molecule has 4 rings (SSSR count). The highest BCUT2D eigenvalue weighted by molar-refractivity contribution is 6.31. The molecule has 0 bridgehead atoms. The van der Waals surface area contributed by atoms with E-state index in [-0.39, 0.29) is 0 Å². The first-order valence-electron chi connectivity index (χ1n) is 8.34. The van der Waals surface area contributed by atoms with Crippen LogP contribution in [-0.4, -0.2) is 35.6 Å². The molecule has 2 aliphatic rings. The number of benzene rings is 2. The van der Waals surface area contributed by atoms with E-state index >= 15 is 0 Å². The first-order chi connectivity index (χ1) is 11.7. The zero-order chi connectivity index (χ0) is 16.7. The van der Waals surface area contributed by atoms with E-state index in [9.17, 15) is 5.11 Å². The predicted molar refractivity (Wildman–Crippen MR) is 97.5 cm³/mol. The van der Waals surface area contributed by atoms with Gasteiger partial charge in [0.25, 0.3) is 0 Å². The molecule has 5 heteroatoms. The van der Waals surface area contributed by atoms with Crippen molar-refractivity contribution in [1.29, 1.82) is 0 Å². The van der Waals surface area contributed by atoms with Crippen molar-refractivity contribution in [3.8, 4) is 0 Å². The summed E-state index contributed by atoms with van der Waals surface area (Å²) in [6.45, 7) is 4.37. The van der Waals surface area contributed by atoms with Crippen LogP contribution in [0.15, 0.2) is 53.5 Å². The van der Waals surface area contributed by atoms with Gasteiger partial charge in [0.2, 0.25) is 5.96 Å². The maximum atomic E-state index is 11.8. The Kier molecular flexibility index (Phi) is 3.74. The molecule has 1 unspecified atom stereocenters. The van der Waals surface area contributed by atoms with Crippen LogP contribution in [0.25, 0.3) is 0 Å². The maximum Gasteiger partial charge on any atom is 0.204 e. The highest BCUT2D eigenvalue weighted by Gasteiger charge is 2.49. The summed E-state index contributed by atoms with van der Waals surface area (Å²) >= 11 is 6.26. The molecule has 0 saturated heterocycles. The Hall–Kier alpha value is -2.04. The van der Waals surface area contributed by atoms with Crippen LogP contribution in [0.5, 0.6) is 0 Å². The normalized spacial score (nSPS) is 22.2. The van der Waals surface area contributed by atoms with Gasteiger partial charge < -0.3 is 14.9 Å². The van der Waals surface area contributed by atoms with Crippen molar-refractivity contribution in [3.05, 3.63) is 64.7 Å². The van der Waals surface area contributed by atoms with Crippen LogP contribution in [0.3, 0.4) is 0 Å². The Balaban J connectivity index is 1.98. The molecular weight excluding hydrogens is 322 g/mol. The van der Waals surface area contributed by atoms with Crippen molar-refractivity contribution >= 4 is 23.2 Å². The lowest BCUT2D eigenvalue weighted by Gasteiger charge is -2.48. The largest absolute Gasteiger partial charge is 0.363 e. The second-order valence-corrected chi connectivity index (χ2v) is 6.62. The van der Waals surface area contributed by atoms with Crippen LogP contribution in [0.1, 0.15) is 24.5 Å². The lowest BCUT2D eigenvalue weighted by molar-refractivity contribution is -0.0359. The summed E-state index contributed by atoms with van der Waals surface area (Å²) in [4.78, 5) is 8.85. The van der Waals surface area contributed by atoms with Gasteiger partial charge in [0.05, 0.1) is 12.2 Å². The third-order valence-electron chi connectivity index (χ3n) is 4.70. The van der Waals surface area contributed by atoms with Gasteiger partial charge in [-0.25, -0.2) is 0 Å². The summed E-state index contributed by atoms with van der Waals surface area (Å²) < 4.78 is 0. The fourth-order valence-electron chi connectivity index (χ4n) is 3.67. The molecule has 0 aliphatic carbocycles. The van der Waals surface area contributed by atoms with Crippen LogP contribution < -0.4 is 4.90 Å². The van der Waals surface area contributed by atoms with E-state index in [1.807, 2.05) is 53.4 Å². The number of fused-ring (bicyclic) bond motifs is 2. The quantitative estimate of drug-likeness (QED) is 0.929. The summed E-state index contributed by atoms with van der Waals surface area (Å²) in [6.07, 6.45) is 0.989. The van der Waals surface area contributed by atoms with Gasteiger partial charge in [-0.05, 0) is 18.6 Å². The van der Waals surface area contributed by atoms with Gasteiger partial charge in [0, 0.05) is 29.2 Å². The number of nitrogens with zero attached hydrogens (tertiary/aromatic N) is 3. The Labute approximate surface area is 147 Å². The van der Waals surface area contributed by atoms with Crippen molar-refractivity contribution in [1.82, 2.24) is 4.90 Å². The van der Waals surface area contributed by atoms with E-state index in [2.05, 4.69) is 16.8 Å². The molecule has 4 nitrogen and oxygen atoms in total. The lowest BCUT2D eigenvalue weighted by atomic mass is 9.89. The molecule has 24 heavy (non-hydrogen) atoms. The molecule has 0 saturated carbocycles. The van der Waals surface area contributed by atoms with Gasteiger partial charge in [0.15, 0.2) is 5.72 Å². The van der Waals surface area contributed by atoms with Gasteiger partial charge in [-0.1, -0.05) is 54.9 Å². The number of aliphatic imine (C=N–C) groups is 1. The molecular formula is C19H20ClN3O. The second kappa shape index (κ2) is 5.80. The third-order valence-corrected chi connectivity index (χ3v) is 4.94. The number of hydrogen-bond donors (Lipinski definition) is 1. The molecule has 2 aliphatic heterocycles. The van der Waals surface area contributed by atoms with Crippen LogP contribution in [0.4, 0.5) is 5.69 Å². The van der Waals surface area contributed by atoms with Crippen LogP contribution in [0, 0.1) is 0 Å². The Morgan fingerprint density at radius 3 is 2.75 bits per heavy atom. The van der Waals surface area contributed by atoms with Crippen molar-refractivity contribution in [2.75, 3.05) is 24.5 Å². The molecule has 0 fully saturated rings. The minimum absolute atomic E-state index is 0.664. The summed E-state index contributed by atoms with van der Waals surface area (Å²) in [5.41, 5.74) is 1.42. The minimum Gasteiger partial charge on any atom is -0.363 e. The van der Waals surface area contributed by atoms with Gasteiger partial charge >= 0.3 is 0 Å². The molecule has 2 heterocycles. The number of guanidine groups is 1. The molecule has 1 N–H and O–H groups in total. The van der Waals surface area contributed by atoms with Crippen LogP contribution in [0.2, 0.25) is 5.02 Å². The molecule has 2 aromatic rings. The monoisotopic (exact) mass is 341 g/mol. The smallest absolute Gasteiger partial charge is 0.204 e. The average molecular weight is 342 g/mol. The fourth-order valence-corrected chi connectivity index (χ4v) is 3.84. The number of halogens is 1. The van der Waals surface area contributed by atoms with Crippen molar-refractivity contribution in [2.24, 2.45) is 4.99 Å². The summed E-state index contributed by atoms with van der Waals surface area (Å²) in [7, 11) is 0. The van der Waals surface area contributed by atoms with Gasteiger partial charge in [-0.2, -0.15) is 0 Å². The van der Waals surface area contributed by atoms with Gasteiger partial charge in [-0.3, -0.25) is 4.99 Å². The predicted octanol–water partition coefficient (Wildman–Crippen LogP) is 3.44. The molecule has 1 atom stereocenters. The lowest BCUT2D eigenvalue weighted by Crippen LogP contribution is -2.58. The topological polar surface area (TPSA) is 39.1 Å². The Morgan fingerprint density at radius 1 is 1.21 bits per heavy atom. The summed E-state index contributed by atoms with van der Waals surface area (Å²) in [5.74, 6) is 0.831. The fraction of sp³-hybridized carbons (Fsp3) is 0.316. The highest BCUT2D eigenvalue weighted by Crippen LogP contribution is 2.45. The van der Waals surface area contributed by atoms with Gasteiger partial charge in [-0.15, -0.1) is 0 Å². The standard InChI is InChI=1S/C19H20ClN3O/c1-2-11-22-17-13-15(20)8-9-16(17)19(24,14-6-4-3-5-7-14)23-12-10-21-18(22)23/h3-9,13,24H,2,10-12H2,1H3. The Morgan fingerprint density at radius 2 is 2.00 bits per heavy atom. The summed E-state index contributed by atoms with van der Waals surface area (Å²) in [6, 6.07) is 15.5. The average Bonchev–Trinajstić information content (AvgIpc) is 3.09. The van der Waals surface area contributed by atoms with E-state index in [0.717, 1.165) is 35.7 Å². The van der Waals surface area contributed by atoms with Crippen molar-refractivity contribution in [3.63, 3.8) is 0 Å². The highest BCUT2D eigenvalue weighted by atomic mass is 35.5. The van der Waals surface area contributed by atoms with Crippen LogP contribution >= 0.6 is 11.6 Å². The second-order valence-electron chi connectivity index (χ2n) is 6.18. The zero-order valence-electron chi connectivity index (χ0n) is 13.6. The zero-order valence-corrected chi connectivity index (χ0v) is 14.4. The first-order valence-corrected chi connectivity index (χ1v) is 8.71. The molecule has 2 aromatic carbocycles. The van der Waals surface area contributed by atoms with Gasteiger partial charge in [0.1, 0.15) is 0 Å². The van der Waals surface area contributed by atoms with E-state index < -0.39 is 5.72 Å². The summed E-state index contributed by atoms with van der Waals surface area (Å²) in [5, 5.41) is 12.5. The number of hydrogen-bond acceptors (Lipinski definition) is 4. The van der Waals surface area contributed by atoms with E-state index in [4.69, 9.17) is 11.6 Å². The van der Waals surface area contributed by atoms with E-state index in [1.165, 1.54) is 0 Å². The third kappa shape index (κ3) is 2.14. The Bertz CT molecular complexity index is 792. The van der Waals surface area contributed by atoms with Crippen LogP contribution in [-0.2, 0) is 5.72 Å². The molecule has 0 aromatic heterocycles. The molecule has 124 valence electrons. The molecule has 0 spiro atoms. The number of rotatable bonds is 3. The minimum atomic E-state index is -1.22. The van der Waals surface area contributed by atoms with E-state index in [1.54, 1.807) is 0 Å². The van der Waals surface area contributed by atoms with Crippen molar-refractivity contribution in [2.45, 2.75) is 19.1 Å². The maximum absolute atomic E-state index is 11.8.